The topological polar surface area (TPSA) is 15.3 Å². The van der Waals surface area contributed by atoms with Gasteiger partial charge in [0.05, 0.1) is 0 Å². The molecule has 3 heteroatoms. The minimum absolute atomic E-state index is 0.187. The van der Waals surface area contributed by atoms with Crippen LogP contribution in [0.25, 0.3) is 0 Å². The number of anilines is 1. The van der Waals surface area contributed by atoms with Gasteiger partial charge in [-0.15, -0.1) is 0 Å². The summed E-state index contributed by atoms with van der Waals surface area (Å²) in [5.41, 5.74) is 0.999. The predicted octanol–water partition coefficient (Wildman–Crippen LogP) is 2.49. The van der Waals surface area contributed by atoms with Gasteiger partial charge in [0.1, 0.15) is 5.82 Å². The van der Waals surface area contributed by atoms with Crippen molar-refractivity contribution in [2.24, 2.45) is 0 Å². The Morgan fingerprint density at radius 2 is 1.80 bits per heavy atom. The molecule has 2 nitrogen and oxygen atoms in total. The molecule has 0 aromatic heterocycles. The molecule has 0 aliphatic carbocycles. The van der Waals surface area contributed by atoms with E-state index in [0.717, 1.165) is 31.6 Å². The zero-order valence-corrected chi connectivity index (χ0v) is 8.75. The maximum atomic E-state index is 12.7. The molecule has 82 valence electrons. The third-order valence-corrected chi connectivity index (χ3v) is 2.80. The van der Waals surface area contributed by atoms with Gasteiger partial charge in [-0.25, -0.2) is 4.39 Å². The number of halogens is 1. The lowest BCUT2D eigenvalue weighted by molar-refractivity contribution is 0.290. The van der Waals surface area contributed by atoms with E-state index in [1.165, 1.54) is 12.1 Å². The SMILES string of the molecule is [CH2-]N1CCC(Nc2ccc(F)cc2)CC1. The lowest BCUT2D eigenvalue weighted by atomic mass is 10.1. The van der Waals surface area contributed by atoms with Gasteiger partial charge in [-0.3, -0.25) is 7.05 Å². The van der Waals surface area contributed by atoms with E-state index in [9.17, 15) is 4.39 Å². The summed E-state index contributed by atoms with van der Waals surface area (Å²) in [5, 5.41) is 3.41. The van der Waals surface area contributed by atoms with Crippen LogP contribution < -0.4 is 5.32 Å². The molecule has 1 aliphatic rings. The van der Waals surface area contributed by atoms with E-state index in [1.54, 1.807) is 12.1 Å². The van der Waals surface area contributed by atoms with E-state index < -0.39 is 0 Å². The lowest BCUT2D eigenvalue weighted by Crippen LogP contribution is -2.35. The van der Waals surface area contributed by atoms with E-state index in [1.807, 2.05) is 0 Å². The smallest absolute Gasteiger partial charge is 0.123 e. The van der Waals surface area contributed by atoms with Crippen LogP contribution >= 0.6 is 0 Å². The number of benzene rings is 1. The predicted molar refractivity (Wildman–Crippen MR) is 60.0 cm³/mol. The Labute approximate surface area is 90.1 Å². The molecular formula is C12H16FN2-. The van der Waals surface area contributed by atoms with Gasteiger partial charge in [0.25, 0.3) is 0 Å². The van der Waals surface area contributed by atoms with Crippen molar-refractivity contribution in [3.05, 3.63) is 37.1 Å². The maximum absolute atomic E-state index is 12.7. The van der Waals surface area contributed by atoms with Crippen LogP contribution in [0.3, 0.4) is 0 Å². The Bertz CT molecular complexity index is 302. The lowest BCUT2D eigenvalue weighted by Gasteiger charge is -2.35. The highest BCUT2D eigenvalue weighted by molar-refractivity contribution is 5.43. The molecule has 0 atom stereocenters. The highest BCUT2D eigenvalue weighted by Crippen LogP contribution is 2.16. The van der Waals surface area contributed by atoms with Crippen molar-refractivity contribution >= 4 is 5.69 Å². The fourth-order valence-corrected chi connectivity index (χ4v) is 1.86. The molecule has 1 heterocycles. The van der Waals surface area contributed by atoms with Crippen LogP contribution in [0.5, 0.6) is 0 Å². The molecule has 0 bridgehead atoms. The van der Waals surface area contributed by atoms with Crippen LogP contribution in [-0.2, 0) is 0 Å². The Balaban J connectivity index is 1.89. The van der Waals surface area contributed by atoms with Crippen molar-refractivity contribution < 1.29 is 4.39 Å². The average Bonchev–Trinajstić information content (AvgIpc) is 2.25. The minimum Gasteiger partial charge on any atom is -0.459 e. The highest BCUT2D eigenvalue weighted by Gasteiger charge is 2.13. The number of nitrogens with zero attached hydrogens (tertiary/aromatic N) is 1. The second-order valence-corrected chi connectivity index (χ2v) is 4.04. The summed E-state index contributed by atoms with van der Waals surface area (Å²) in [6, 6.07) is 7.03. The summed E-state index contributed by atoms with van der Waals surface area (Å²) in [5.74, 6) is -0.187. The second kappa shape index (κ2) is 4.62. The van der Waals surface area contributed by atoms with Crippen LogP contribution in [0, 0.1) is 12.9 Å². The molecule has 0 unspecified atom stereocenters. The van der Waals surface area contributed by atoms with Crippen LogP contribution in [-0.4, -0.2) is 24.0 Å². The first-order valence-corrected chi connectivity index (χ1v) is 5.31. The maximum Gasteiger partial charge on any atom is 0.123 e. The number of piperidine rings is 1. The number of likely N-dealkylation sites (tertiary alicyclic amines) is 1. The van der Waals surface area contributed by atoms with Gasteiger partial charge in [0.2, 0.25) is 0 Å². The number of rotatable bonds is 2. The fourth-order valence-electron chi connectivity index (χ4n) is 1.86. The molecule has 0 spiro atoms. The molecular weight excluding hydrogens is 191 g/mol. The van der Waals surface area contributed by atoms with Gasteiger partial charge in [0, 0.05) is 11.7 Å². The zero-order chi connectivity index (χ0) is 10.7. The van der Waals surface area contributed by atoms with Crippen molar-refractivity contribution in [1.82, 2.24) is 4.90 Å². The van der Waals surface area contributed by atoms with Gasteiger partial charge in [-0.05, 0) is 50.2 Å². The molecule has 0 radical (unpaired) electrons. The van der Waals surface area contributed by atoms with E-state index in [2.05, 4.69) is 17.3 Å². The summed E-state index contributed by atoms with van der Waals surface area (Å²) in [4.78, 5) is 2.09. The first-order chi connectivity index (χ1) is 7.24. The normalized spacial score (nSPS) is 19.1. The monoisotopic (exact) mass is 207 g/mol. The molecule has 1 aliphatic heterocycles. The van der Waals surface area contributed by atoms with Crippen molar-refractivity contribution in [2.75, 3.05) is 18.4 Å². The molecule has 2 rings (SSSR count). The Hall–Kier alpha value is -1.09. The Morgan fingerprint density at radius 1 is 1.20 bits per heavy atom. The largest absolute Gasteiger partial charge is 0.459 e. The molecule has 0 amide bonds. The molecule has 0 saturated carbocycles. The summed E-state index contributed by atoms with van der Waals surface area (Å²) in [7, 11) is 3.91. The van der Waals surface area contributed by atoms with Gasteiger partial charge >= 0.3 is 0 Å². The van der Waals surface area contributed by atoms with Crippen LogP contribution in [0.1, 0.15) is 12.8 Å². The summed E-state index contributed by atoms with van der Waals surface area (Å²) in [6.07, 6.45) is 2.20. The standard InChI is InChI=1S/C12H16FN2/c1-15-8-6-12(7-9-15)14-11-4-2-10(13)3-5-11/h2-5,12,14H,1,6-9H2/q-1. The van der Waals surface area contributed by atoms with Crippen molar-refractivity contribution in [3.8, 4) is 0 Å². The van der Waals surface area contributed by atoms with Crippen LogP contribution in [0.4, 0.5) is 10.1 Å². The Kier molecular flexibility index (Phi) is 3.21. The number of hydrogen-bond acceptors (Lipinski definition) is 2. The Morgan fingerprint density at radius 3 is 2.40 bits per heavy atom. The fraction of sp³-hybridized carbons (Fsp3) is 0.417. The third-order valence-electron chi connectivity index (χ3n) is 2.80. The van der Waals surface area contributed by atoms with Crippen molar-refractivity contribution in [2.45, 2.75) is 18.9 Å². The third kappa shape index (κ3) is 2.93. The van der Waals surface area contributed by atoms with Gasteiger partial charge in [-0.2, -0.15) is 0 Å². The second-order valence-electron chi connectivity index (χ2n) is 4.04. The first-order valence-electron chi connectivity index (χ1n) is 5.31. The molecule has 1 aromatic carbocycles. The van der Waals surface area contributed by atoms with Gasteiger partial charge in [-0.1, -0.05) is 0 Å². The van der Waals surface area contributed by atoms with Crippen molar-refractivity contribution in [3.63, 3.8) is 0 Å². The number of nitrogens with one attached hydrogen (secondary N) is 1. The molecule has 1 saturated heterocycles. The summed E-state index contributed by atoms with van der Waals surface area (Å²) >= 11 is 0. The minimum atomic E-state index is -0.187. The molecule has 1 N–H and O–H groups in total. The zero-order valence-electron chi connectivity index (χ0n) is 8.75. The van der Waals surface area contributed by atoms with E-state index >= 15 is 0 Å². The molecule has 15 heavy (non-hydrogen) atoms. The van der Waals surface area contributed by atoms with Crippen LogP contribution in [0.2, 0.25) is 0 Å². The van der Waals surface area contributed by atoms with E-state index in [4.69, 9.17) is 0 Å². The van der Waals surface area contributed by atoms with E-state index in [-0.39, 0.29) is 5.82 Å². The van der Waals surface area contributed by atoms with Crippen LogP contribution in [0.15, 0.2) is 24.3 Å². The highest BCUT2D eigenvalue weighted by atomic mass is 19.1. The first kappa shape index (κ1) is 10.4. The van der Waals surface area contributed by atoms with Gasteiger partial charge < -0.3 is 10.2 Å². The summed E-state index contributed by atoms with van der Waals surface area (Å²) in [6.45, 7) is 2.05. The molecule has 1 aromatic rings. The van der Waals surface area contributed by atoms with Crippen molar-refractivity contribution in [1.29, 1.82) is 0 Å². The van der Waals surface area contributed by atoms with Gasteiger partial charge in [0.15, 0.2) is 0 Å². The number of hydrogen-bond donors (Lipinski definition) is 1. The average molecular weight is 207 g/mol. The van der Waals surface area contributed by atoms with E-state index in [0.29, 0.717) is 6.04 Å². The molecule has 1 fully saturated rings. The quantitative estimate of drug-likeness (QED) is 0.749. The summed E-state index contributed by atoms with van der Waals surface area (Å²) < 4.78 is 12.7.